The molecule has 2 rings (SSSR count). The van der Waals surface area contributed by atoms with Crippen LogP contribution in [0.4, 0.5) is 0 Å². The van der Waals surface area contributed by atoms with Crippen LogP contribution in [0.5, 0.6) is 0 Å². The van der Waals surface area contributed by atoms with E-state index >= 15 is 0 Å². The fraction of sp³-hybridized carbons (Fsp3) is 0.385. The number of aromatic nitrogens is 1. The van der Waals surface area contributed by atoms with E-state index in [4.69, 9.17) is 0 Å². The molecule has 0 amide bonds. The van der Waals surface area contributed by atoms with Crippen LogP contribution in [-0.4, -0.2) is 29.4 Å². The van der Waals surface area contributed by atoms with E-state index in [0.29, 0.717) is 5.39 Å². The SMILES string of the molecule is CCC(C)[C@@H](C(=O)O)n1[se]c2ccccc2c1=O. The van der Waals surface area contributed by atoms with Crippen molar-refractivity contribution in [2.24, 2.45) is 5.92 Å². The topological polar surface area (TPSA) is 59.3 Å². The number of carbonyl (C=O) groups is 1. The number of carboxylic acid groups (broad SMARTS) is 1. The number of hydrogen-bond donors (Lipinski definition) is 1. The van der Waals surface area contributed by atoms with E-state index in [1.165, 1.54) is 3.56 Å². The summed E-state index contributed by atoms with van der Waals surface area (Å²) in [6.45, 7) is 3.83. The first-order valence-corrected chi connectivity index (χ1v) is 7.52. The second-order valence-electron chi connectivity index (χ2n) is 4.39. The van der Waals surface area contributed by atoms with Crippen LogP contribution in [0, 0.1) is 5.92 Å². The molecule has 5 heteroatoms. The molecular formula is C13H15NO3Se. The van der Waals surface area contributed by atoms with Gasteiger partial charge in [-0.1, -0.05) is 0 Å². The number of nitrogens with zero attached hydrogens (tertiary/aromatic N) is 1. The van der Waals surface area contributed by atoms with Crippen LogP contribution in [0.15, 0.2) is 29.1 Å². The van der Waals surface area contributed by atoms with Crippen LogP contribution in [0.25, 0.3) is 9.65 Å². The van der Waals surface area contributed by atoms with Crippen molar-refractivity contribution in [1.82, 2.24) is 3.56 Å². The molecule has 0 aliphatic carbocycles. The van der Waals surface area contributed by atoms with Gasteiger partial charge in [-0.15, -0.1) is 0 Å². The fourth-order valence-corrected chi connectivity index (χ4v) is 4.48. The van der Waals surface area contributed by atoms with Gasteiger partial charge in [-0.25, -0.2) is 0 Å². The molecule has 0 spiro atoms. The summed E-state index contributed by atoms with van der Waals surface area (Å²) in [5, 5.41) is 10.0. The van der Waals surface area contributed by atoms with E-state index in [0.717, 1.165) is 10.7 Å². The Morgan fingerprint density at radius 1 is 1.44 bits per heavy atom. The van der Waals surface area contributed by atoms with Gasteiger partial charge in [0.2, 0.25) is 0 Å². The molecule has 18 heavy (non-hydrogen) atoms. The molecule has 0 saturated heterocycles. The Morgan fingerprint density at radius 3 is 2.67 bits per heavy atom. The summed E-state index contributed by atoms with van der Waals surface area (Å²) in [6.07, 6.45) is 0.743. The van der Waals surface area contributed by atoms with Crippen molar-refractivity contribution in [1.29, 1.82) is 0 Å². The van der Waals surface area contributed by atoms with E-state index in [1.54, 1.807) is 6.07 Å². The van der Waals surface area contributed by atoms with Crippen LogP contribution in [0.2, 0.25) is 0 Å². The average Bonchev–Trinajstić information content (AvgIpc) is 2.67. The van der Waals surface area contributed by atoms with Crippen molar-refractivity contribution in [3.8, 4) is 0 Å². The summed E-state index contributed by atoms with van der Waals surface area (Å²) in [5.74, 6) is -0.949. The Bertz CT molecular complexity index is 628. The molecule has 2 aromatic rings. The van der Waals surface area contributed by atoms with Gasteiger partial charge in [-0.05, 0) is 0 Å². The van der Waals surface area contributed by atoms with Crippen molar-refractivity contribution < 1.29 is 9.90 Å². The molecule has 1 heterocycles. The maximum absolute atomic E-state index is 12.2. The van der Waals surface area contributed by atoms with Gasteiger partial charge in [0.05, 0.1) is 0 Å². The molecular weight excluding hydrogens is 297 g/mol. The number of benzene rings is 1. The van der Waals surface area contributed by atoms with Gasteiger partial charge in [-0.3, -0.25) is 0 Å². The van der Waals surface area contributed by atoms with Gasteiger partial charge in [0, 0.05) is 0 Å². The third-order valence-corrected chi connectivity index (χ3v) is 5.60. The Labute approximate surface area is 111 Å². The Balaban J connectivity index is 2.61. The number of aliphatic carboxylic acids is 1. The van der Waals surface area contributed by atoms with Crippen LogP contribution in [0.3, 0.4) is 0 Å². The standard InChI is InChI=1S/C13H15NO3Se/c1-3-8(2)11(13(16)17)14-12(15)9-6-4-5-7-10(9)18-14/h4-8,11H,3H2,1-2H3,(H,16,17)/t8?,11-/m0/s1. The van der Waals surface area contributed by atoms with Crippen molar-refractivity contribution in [3.05, 3.63) is 34.6 Å². The van der Waals surface area contributed by atoms with Crippen molar-refractivity contribution in [2.45, 2.75) is 26.3 Å². The van der Waals surface area contributed by atoms with E-state index in [-0.39, 0.29) is 26.2 Å². The monoisotopic (exact) mass is 313 g/mol. The molecule has 0 saturated carbocycles. The Kier molecular flexibility index (Phi) is 3.73. The Hall–Kier alpha value is -1.32. The molecule has 0 bridgehead atoms. The normalized spacial score (nSPS) is 14.6. The summed E-state index contributed by atoms with van der Waals surface area (Å²) in [4.78, 5) is 23.6. The Morgan fingerprint density at radius 2 is 2.11 bits per heavy atom. The summed E-state index contributed by atoms with van der Waals surface area (Å²) < 4.78 is 2.51. The molecule has 4 nitrogen and oxygen atoms in total. The molecule has 1 aromatic carbocycles. The average molecular weight is 312 g/mol. The molecule has 0 aliphatic rings. The van der Waals surface area contributed by atoms with E-state index < -0.39 is 12.0 Å². The molecule has 1 N–H and O–H groups in total. The van der Waals surface area contributed by atoms with Gasteiger partial charge in [0.1, 0.15) is 0 Å². The van der Waals surface area contributed by atoms with Crippen molar-refractivity contribution in [3.63, 3.8) is 0 Å². The second kappa shape index (κ2) is 5.12. The fourth-order valence-electron chi connectivity index (χ4n) is 1.97. The number of fused-ring (bicyclic) bond motifs is 1. The summed E-state index contributed by atoms with van der Waals surface area (Å²) >= 11 is -0.222. The zero-order valence-electron chi connectivity index (χ0n) is 10.3. The molecule has 2 atom stereocenters. The van der Waals surface area contributed by atoms with Crippen LogP contribution < -0.4 is 5.56 Å². The first kappa shape index (κ1) is 13.1. The van der Waals surface area contributed by atoms with Crippen LogP contribution in [-0.2, 0) is 4.79 Å². The number of carboxylic acids is 1. The maximum atomic E-state index is 12.2. The molecule has 1 aromatic heterocycles. The molecule has 0 aliphatic heterocycles. The summed E-state index contributed by atoms with van der Waals surface area (Å²) in [5.41, 5.74) is -0.140. The minimum absolute atomic E-state index is 0.0392. The molecule has 0 radical (unpaired) electrons. The van der Waals surface area contributed by atoms with E-state index in [9.17, 15) is 14.7 Å². The van der Waals surface area contributed by atoms with Gasteiger partial charge in [-0.2, -0.15) is 0 Å². The third-order valence-electron chi connectivity index (χ3n) is 3.20. The van der Waals surface area contributed by atoms with Gasteiger partial charge in [0.25, 0.3) is 0 Å². The third kappa shape index (κ3) is 2.16. The van der Waals surface area contributed by atoms with Crippen LogP contribution >= 0.6 is 0 Å². The molecule has 96 valence electrons. The van der Waals surface area contributed by atoms with E-state index in [2.05, 4.69) is 0 Å². The van der Waals surface area contributed by atoms with E-state index in [1.807, 2.05) is 32.0 Å². The first-order valence-electron chi connectivity index (χ1n) is 5.89. The van der Waals surface area contributed by atoms with Crippen molar-refractivity contribution >= 4 is 30.3 Å². The van der Waals surface area contributed by atoms with Gasteiger partial charge in [0.15, 0.2) is 0 Å². The second-order valence-corrected chi connectivity index (χ2v) is 6.52. The first-order chi connectivity index (χ1) is 8.56. The van der Waals surface area contributed by atoms with Crippen LogP contribution in [0.1, 0.15) is 26.3 Å². The zero-order valence-corrected chi connectivity index (χ0v) is 12.0. The summed E-state index contributed by atoms with van der Waals surface area (Å²) in [7, 11) is 0. The number of hydrogen-bond acceptors (Lipinski definition) is 2. The minimum atomic E-state index is -0.910. The predicted octanol–water partition coefficient (Wildman–Crippen LogP) is 1.73. The number of rotatable bonds is 4. The van der Waals surface area contributed by atoms with Crippen molar-refractivity contribution in [2.75, 3.05) is 0 Å². The van der Waals surface area contributed by atoms with Gasteiger partial charge < -0.3 is 0 Å². The zero-order chi connectivity index (χ0) is 13.3. The quantitative estimate of drug-likeness (QED) is 0.875. The molecule has 0 fully saturated rings. The van der Waals surface area contributed by atoms with Gasteiger partial charge >= 0.3 is 111 Å². The predicted molar refractivity (Wildman–Crippen MR) is 71.3 cm³/mol. The molecule has 1 unspecified atom stereocenters. The summed E-state index contributed by atoms with van der Waals surface area (Å²) in [6, 6.07) is 6.67.